The van der Waals surface area contributed by atoms with E-state index in [0.717, 1.165) is 12.8 Å². The SMILES string of the molecule is C=CCCC(NC)c1cncc(C)c1. The predicted octanol–water partition coefficient (Wildman–Crippen LogP) is 2.62. The Hall–Kier alpha value is -1.15. The Balaban J connectivity index is 2.72. The Morgan fingerprint density at radius 1 is 1.57 bits per heavy atom. The van der Waals surface area contributed by atoms with Gasteiger partial charge >= 0.3 is 0 Å². The van der Waals surface area contributed by atoms with E-state index in [0.29, 0.717) is 6.04 Å². The second-order valence-corrected chi connectivity index (χ2v) is 3.50. The molecule has 0 radical (unpaired) electrons. The summed E-state index contributed by atoms with van der Waals surface area (Å²) in [5.41, 5.74) is 2.47. The summed E-state index contributed by atoms with van der Waals surface area (Å²) in [5, 5.41) is 3.29. The fraction of sp³-hybridized carbons (Fsp3) is 0.417. The summed E-state index contributed by atoms with van der Waals surface area (Å²) < 4.78 is 0. The molecule has 76 valence electrons. The van der Waals surface area contributed by atoms with Gasteiger partial charge in [0.25, 0.3) is 0 Å². The number of nitrogens with zero attached hydrogens (tertiary/aromatic N) is 1. The highest BCUT2D eigenvalue weighted by molar-refractivity contribution is 5.20. The number of rotatable bonds is 5. The van der Waals surface area contributed by atoms with Crippen molar-refractivity contribution < 1.29 is 0 Å². The van der Waals surface area contributed by atoms with E-state index in [1.54, 1.807) is 0 Å². The molecule has 1 N–H and O–H groups in total. The first-order chi connectivity index (χ1) is 6.77. The lowest BCUT2D eigenvalue weighted by Crippen LogP contribution is -2.16. The van der Waals surface area contributed by atoms with Crippen LogP contribution in [0.15, 0.2) is 31.1 Å². The summed E-state index contributed by atoms with van der Waals surface area (Å²) in [6.07, 6.45) is 7.86. The van der Waals surface area contributed by atoms with Gasteiger partial charge in [-0.3, -0.25) is 4.98 Å². The minimum absolute atomic E-state index is 0.389. The third-order valence-corrected chi connectivity index (χ3v) is 2.31. The van der Waals surface area contributed by atoms with Crippen LogP contribution in [-0.4, -0.2) is 12.0 Å². The normalized spacial score (nSPS) is 12.4. The van der Waals surface area contributed by atoms with E-state index >= 15 is 0 Å². The first kappa shape index (κ1) is 10.9. The van der Waals surface area contributed by atoms with E-state index in [4.69, 9.17) is 0 Å². The van der Waals surface area contributed by atoms with Crippen LogP contribution in [0.4, 0.5) is 0 Å². The smallest absolute Gasteiger partial charge is 0.0335 e. The number of allylic oxidation sites excluding steroid dienone is 1. The molecular formula is C12H18N2. The van der Waals surface area contributed by atoms with Crippen molar-refractivity contribution >= 4 is 0 Å². The molecule has 0 saturated heterocycles. The van der Waals surface area contributed by atoms with Gasteiger partial charge in [0.2, 0.25) is 0 Å². The fourth-order valence-corrected chi connectivity index (χ4v) is 1.53. The number of aryl methyl sites for hydroxylation is 1. The highest BCUT2D eigenvalue weighted by Crippen LogP contribution is 2.17. The molecule has 0 spiro atoms. The minimum Gasteiger partial charge on any atom is -0.313 e. The van der Waals surface area contributed by atoms with Gasteiger partial charge in [0.05, 0.1) is 0 Å². The topological polar surface area (TPSA) is 24.9 Å². The summed E-state index contributed by atoms with van der Waals surface area (Å²) in [5.74, 6) is 0. The molecule has 1 aromatic rings. The average molecular weight is 190 g/mol. The number of nitrogens with one attached hydrogen (secondary N) is 1. The van der Waals surface area contributed by atoms with Crippen molar-refractivity contribution in [1.29, 1.82) is 0 Å². The molecule has 1 unspecified atom stereocenters. The van der Waals surface area contributed by atoms with E-state index in [9.17, 15) is 0 Å². The molecule has 0 fully saturated rings. The Bertz CT molecular complexity index is 294. The zero-order valence-corrected chi connectivity index (χ0v) is 8.96. The summed E-state index contributed by atoms with van der Waals surface area (Å²) in [6, 6.07) is 2.57. The van der Waals surface area contributed by atoms with Crippen LogP contribution in [0, 0.1) is 6.92 Å². The van der Waals surface area contributed by atoms with E-state index in [2.05, 4.69) is 29.9 Å². The third kappa shape index (κ3) is 2.96. The number of hydrogen-bond acceptors (Lipinski definition) is 2. The van der Waals surface area contributed by atoms with E-state index in [1.165, 1.54) is 11.1 Å². The molecule has 2 heteroatoms. The van der Waals surface area contributed by atoms with Gasteiger partial charge in [-0.05, 0) is 37.9 Å². The summed E-state index contributed by atoms with van der Waals surface area (Å²) in [7, 11) is 1.98. The number of pyridine rings is 1. The van der Waals surface area contributed by atoms with E-state index in [1.807, 2.05) is 25.5 Å². The van der Waals surface area contributed by atoms with Crippen LogP contribution in [0.25, 0.3) is 0 Å². The van der Waals surface area contributed by atoms with Crippen molar-refractivity contribution in [2.24, 2.45) is 0 Å². The predicted molar refractivity (Wildman–Crippen MR) is 60.2 cm³/mol. The molecule has 0 aliphatic rings. The first-order valence-corrected chi connectivity index (χ1v) is 4.97. The monoisotopic (exact) mass is 190 g/mol. The fourth-order valence-electron chi connectivity index (χ4n) is 1.53. The van der Waals surface area contributed by atoms with Crippen molar-refractivity contribution in [2.75, 3.05) is 7.05 Å². The van der Waals surface area contributed by atoms with Gasteiger partial charge < -0.3 is 5.32 Å². The molecule has 1 rings (SSSR count). The van der Waals surface area contributed by atoms with Crippen molar-refractivity contribution in [1.82, 2.24) is 10.3 Å². The molecule has 0 aromatic carbocycles. The molecule has 1 aromatic heterocycles. The second kappa shape index (κ2) is 5.55. The maximum atomic E-state index is 4.20. The van der Waals surface area contributed by atoms with Crippen molar-refractivity contribution in [2.45, 2.75) is 25.8 Å². The van der Waals surface area contributed by atoms with Gasteiger partial charge in [-0.25, -0.2) is 0 Å². The third-order valence-electron chi connectivity index (χ3n) is 2.31. The van der Waals surface area contributed by atoms with Crippen molar-refractivity contribution in [3.63, 3.8) is 0 Å². The van der Waals surface area contributed by atoms with Crippen molar-refractivity contribution in [3.05, 3.63) is 42.2 Å². The molecule has 0 aliphatic heterocycles. The van der Waals surface area contributed by atoms with Crippen LogP contribution in [0.3, 0.4) is 0 Å². The Kier molecular flexibility index (Phi) is 4.33. The lowest BCUT2D eigenvalue weighted by Gasteiger charge is -2.15. The average Bonchev–Trinajstić information content (AvgIpc) is 2.19. The molecule has 0 bridgehead atoms. The van der Waals surface area contributed by atoms with Gasteiger partial charge in [-0.15, -0.1) is 6.58 Å². The van der Waals surface area contributed by atoms with Crippen LogP contribution in [-0.2, 0) is 0 Å². The zero-order chi connectivity index (χ0) is 10.4. The maximum absolute atomic E-state index is 4.20. The molecule has 0 amide bonds. The standard InChI is InChI=1S/C12H18N2/c1-4-5-6-12(13-3)11-7-10(2)8-14-9-11/h4,7-9,12-13H,1,5-6H2,2-3H3. The van der Waals surface area contributed by atoms with E-state index in [-0.39, 0.29) is 0 Å². The van der Waals surface area contributed by atoms with E-state index < -0.39 is 0 Å². The van der Waals surface area contributed by atoms with Gasteiger partial charge in [0, 0.05) is 18.4 Å². The van der Waals surface area contributed by atoms with Gasteiger partial charge in [-0.1, -0.05) is 12.1 Å². The van der Waals surface area contributed by atoms with Crippen LogP contribution in [0.5, 0.6) is 0 Å². The molecule has 0 aliphatic carbocycles. The minimum atomic E-state index is 0.389. The molecule has 1 heterocycles. The molecule has 1 atom stereocenters. The Morgan fingerprint density at radius 3 is 2.93 bits per heavy atom. The quantitative estimate of drug-likeness (QED) is 0.722. The molecule has 14 heavy (non-hydrogen) atoms. The van der Waals surface area contributed by atoms with Gasteiger partial charge in [0.1, 0.15) is 0 Å². The summed E-state index contributed by atoms with van der Waals surface area (Å²) >= 11 is 0. The maximum Gasteiger partial charge on any atom is 0.0335 e. The van der Waals surface area contributed by atoms with Crippen LogP contribution in [0.1, 0.15) is 30.0 Å². The number of hydrogen-bond donors (Lipinski definition) is 1. The molecule has 0 saturated carbocycles. The zero-order valence-electron chi connectivity index (χ0n) is 8.96. The Morgan fingerprint density at radius 2 is 2.36 bits per heavy atom. The van der Waals surface area contributed by atoms with Crippen LogP contribution in [0.2, 0.25) is 0 Å². The molecule has 2 nitrogen and oxygen atoms in total. The summed E-state index contributed by atoms with van der Waals surface area (Å²) in [6.45, 7) is 5.80. The van der Waals surface area contributed by atoms with Crippen LogP contribution < -0.4 is 5.32 Å². The lowest BCUT2D eigenvalue weighted by molar-refractivity contribution is 0.553. The highest BCUT2D eigenvalue weighted by atomic mass is 14.9. The van der Waals surface area contributed by atoms with Crippen LogP contribution >= 0.6 is 0 Å². The second-order valence-electron chi connectivity index (χ2n) is 3.50. The lowest BCUT2D eigenvalue weighted by atomic mass is 10.0. The van der Waals surface area contributed by atoms with Crippen molar-refractivity contribution in [3.8, 4) is 0 Å². The Labute approximate surface area is 86.1 Å². The molecular weight excluding hydrogens is 172 g/mol. The van der Waals surface area contributed by atoms with Gasteiger partial charge in [0.15, 0.2) is 0 Å². The van der Waals surface area contributed by atoms with Gasteiger partial charge in [-0.2, -0.15) is 0 Å². The summed E-state index contributed by atoms with van der Waals surface area (Å²) in [4.78, 5) is 4.20. The highest BCUT2D eigenvalue weighted by Gasteiger charge is 2.07. The number of aromatic nitrogens is 1. The first-order valence-electron chi connectivity index (χ1n) is 4.97. The largest absolute Gasteiger partial charge is 0.313 e.